The average molecular weight is 301 g/mol. The Morgan fingerprint density at radius 3 is 2.41 bits per heavy atom. The number of amides is 1. The molecule has 0 spiro atoms. The SMILES string of the molecule is CC1CCCCN1C(=O)c1ccc(N2CCCCCC2)nc1. The molecule has 0 aromatic carbocycles. The van der Waals surface area contributed by atoms with Crippen LogP contribution in [0.5, 0.6) is 0 Å². The van der Waals surface area contributed by atoms with Crippen LogP contribution >= 0.6 is 0 Å². The lowest BCUT2D eigenvalue weighted by molar-refractivity contribution is 0.0635. The summed E-state index contributed by atoms with van der Waals surface area (Å²) in [6.45, 7) is 5.21. The molecule has 2 aliphatic heterocycles. The zero-order valence-corrected chi connectivity index (χ0v) is 13.6. The highest BCUT2D eigenvalue weighted by Crippen LogP contribution is 2.21. The molecule has 0 aliphatic carbocycles. The lowest BCUT2D eigenvalue weighted by Crippen LogP contribution is -2.42. The highest BCUT2D eigenvalue weighted by molar-refractivity contribution is 5.94. The van der Waals surface area contributed by atoms with Crippen LogP contribution in [-0.2, 0) is 0 Å². The van der Waals surface area contributed by atoms with Crippen molar-refractivity contribution < 1.29 is 4.79 Å². The Morgan fingerprint density at radius 1 is 1.05 bits per heavy atom. The van der Waals surface area contributed by atoms with Gasteiger partial charge < -0.3 is 9.80 Å². The molecule has 1 unspecified atom stereocenters. The van der Waals surface area contributed by atoms with Crippen LogP contribution in [0.2, 0.25) is 0 Å². The molecular formula is C18H27N3O. The zero-order valence-electron chi connectivity index (χ0n) is 13.6. The standard InChI is InChI=1S/C18H27N3O/c1-15-8-4-7-13-21(15)18(22)16-9-10-17(19-14-16)20-11-5-2-3-6-12-20/h9-10,14-15H,2-8,11-13H2,1H3. The Morgan fingerprint density at radius 2 is 1.77 bits per heavy atom. The van der Waals surface area contributed by atoms with Crippen LogP contribution in [0, 0.1) is 0 Å². The van der Waals surface area contributed by atoms with E-state index < -0.39 is 0 Å². The highest BCUT2D eigenvalue weighted by atomic mass is 16.2. The first-order valence-electron chi connectivity index (χ1n) is 8.77. The van der Waals surface area contributed by atoms with Gasteiger partial charge in [-0.15, -0.1) is 0 Å². The summed E-state index contributed by atoms with van der Waals surface area (Å²) in [5.74, 6) is 1.16. The number of carbonyl (C=O) groups excluding carboxylic acids is 1. The maximum Gasteiger partial charge on any atom is 0.255 e. The van der Waals surface area contributed by atoms with E-state index in [9.17, 15) is 4.79 Å². The van der Waals surface area contributed by atoms with Crippen molar-refractivity contribution in [1.82, 2.24) is 9.88 Å². The van der Waals surface area contributed by atoms with Crippen molar-refractivity contribution in [1.29, 1.82) is 0 Å². The number of anilines is 1. The maximum atomic E-state index is 12.6. The van der Waals surface area contributed by atoms with E-state index in [0.717, 1.165) is 43.9 Å². The molecule has 1 aromatic heterocycles. The van der Waals surface area contributed by atoms with Gasteiger partial charge in [0.15, 0.2) is 0 Å². The van der Waals surface area contributed by atoms with Crippen LogP contribution in [-0.4, -0.2) is 41.5 Å². The molecule has 0 radical (unpaired) electrons. The zero-order chi connectivity index (χ0) is 15.4. The summed E-state index contributed by atoms with van der Waals surface area (Å²) in [7, 11) is 0. The highest BCUT2D eigenvalue weighted by Gasteiger charge is 2.24. The lowest BCUT2D eigenvalue weighted by atomic mass is 10.0. The summed E-state index contributed by atoms with van der Waals surface area (Å²) in [6.07, 6.45) is 10.4. The minimum Gasteiger partial charge on any atom is -0.357 e. The number of carbonyl (C=O) groups is 1. The molecule has 1 amide bonds. The van der Waals surface area contributed by atoms with Gasteiger partial charge in [-0.3, -0.25) is 4.79 Å². The first-order chi connectivity index (χ1) is 10.8. The van der Waals surface area contributed by atoms with Gasteiger partial charge in [-0.25, -0.2) is 4.98 Å². The van der Waals surface area contributed by atoms with Crippen LogP contribution in [0.15, 0.2) is 18.3 Å². The average Bonchev–Trinajstić information content (AvgIpc) is 2.84. The number of nitrogens with zero attached hydrogens (tertiary/aromatic N) is 3. The van der Waals surface area contributed by atoms with Crippen LogP contribution in [0.25, 0.3) is 0 Å². The van der Waals surface area contributed by atoms with Crippen molar-refractivity contribution in [2.45, 2.75) is 57.9 Å². The normalized spacial score (nSPS) is 23.2. The molecule has 3 rings (SSSR count). The Labute approximate surface area is 133 Å². The summed E-state index contributed by atoms with van der Waals surface area (Å²) in [6, 6.07) is 4.33. The van der Waals surface area contributed by atoms with Crippen LogP contribution in [0.3, 0.4) is 0 Å². The largest absolute Gasteiger partial charge is 0.357 e. The number of hydrogen-bond acceptors (Lipinski definition) is 3. The van der Waals surface area contributed by atoms with E-state index in [4.69, 9.17) is 0 Å². The molecule has 4 nitrogen and oxygen atoms in total. The van der Waals surface area contributed by atoms with Gasteiger partial charge in [-0.2, -0.15) is 0 Å². The van der Waals surface area contributed by atoms with Gasteiger partial charge in [0.05, 0.1) is 5.56 Å². The number of rotatable bonds is 2. The molecule has 3 heterocycles. The molecule has 4 heteroatoms. The Kier molecular flexibility index (Phi) is 4.96. The number of aromatic nitrogens is 1. The summed E-state index contributed by atoms with van der Waals surface area (Å²) in [5, 5.41) is 0. The third-order valence-corrected chi connectivity index (χ3v) is 4.99. The van der Waals surface area contributed by atoms with Gasteiger partial charge in [-0.05, 0) is 51.2 Å². The van der Waals surface area contributed by atoms with Crippen LogP contribution < -0.4 is 4.90 Å². The summed E-state index contributed by atoms with van der Waals surface area (Å²) in [5.41, 5.74) is 0.729. The second kappa shape index (κ2) is 7.12. The molecular weight excluding hydrogens is 274 g/mol. The molecule has 0 saturated carbocycles. The van der Waals surface area contributed by atoms with E-state index in [1.807, 2.05) is 17.0 Å². The van der Waals surface area contributed by atoms with E-state index in [1.165, 1.54) is 32.1 Å². The third kappa shape index (κ3) is 3.42. The van der Waals surface area contributed by atoms with Crippen molar-refractivity contribution in [2.24, 2.45) is 0 Å². The van der Waals surface area contributed by atoms with Gasteiger partial charge in [0.1, 0.15) is 5.82 Å². The van der Waals surface area contributed by atoms with Crippen LogP contribution in [0.4, 0.5) is 5.82 Å². The van der Waals surface area contributed by atoms with E-state index in [1.54, 1.807) is 6.20 Å². The van der Waals surface area contributed by atoms with Gasteiger partial charge >= 0.3 is 0 Å². The molecule has 2 fully saturated rings. The van der Waals surface area contributed by atoms with Crippen LogP contribution in [0.1, 0.15) is 62.2 Å². The van der Waals surface area contributed by atoms with Crippen molar-refractivity contribution in [2.75, 3.05) is 24.5 Å². The fraction of sp³-hybridized carbons (Fsp3) is 0.667. The molecule has 1 aromatic rings. The topological polar surface area (TPSA) is 36.4 Å². The second-order valence-electron chi connectivity index (χ2n) is 6.65. The smallest absolute Gasteiger partial charge is 0.255 e. The quantitative estimate of drug-likeness (QED) is 0.839. The number of pyridine rings is 1. The number of hydrogen-bond donors (Lipinski definition) is 0. The minimum absolute atomic E-state index is 0.141. The van der Waals surface area contributed by atoms with Crippen molar-refractivity contribution in [3.63, 3.8) is 0 Å². The fourth-order valence-corrected chi connectivity index (χ4v) is 3.57. The van der Waals surface area contributed by atoms with Crippen molar-refractivity contribution in [3.05, 3.63) is 23.9 Å². The maximum absolute atomic E-state index is 12.6. The predicted molar refractivity (Wildman–Crippen MR) is 89.3 cm³/mol. The fourth-order valence-electron chi connectivity index (χ4n) is 3.57. The Balaban J connectivity index is 1.69. The molecule has 2 aliphatic rings. The van der Waals surface area contributed by atoms with E-state index in [2.05, 4.69) is 16.8 Å². The Bertz CT molecular complexity index is 492. The summed E-state index contributed by atoms with van der Waals surface area (Å²) < 4.78 is 0. The Hall–Kier alpha value is -1.58. The molecule has 2 saturated heterocycles. The second-order valence-corrected chi connectivity index (χ2v) is 6.65. The van der Waals surface area contributed by atoms with E-state index in [0.29, 0.717) is 6.04 Å². The first kappa shape index (κ1) is 15.3. The number of likely N-dealkylation sites (tertiary alicyclic amines) is 1. The lowest BCUT2D eigenvalue weighted by Gasteiger charge is -2.33. The molecule has 0 bridgehead atoms. The summed E-state index contributed by atoms with van der Waals surface area (Å²) in [4.78, 5) is 21.5. The first-order valence-corrected chi connectivity index (χ1v) is 8.77. The number of piperidine rings is 1. The molecule has 120 valence electrons. The van der Waals surface area contributed by atoms with Gasteiger partial charge in [-0.1, -0.05) is 12.8 Å². The predicted octanol–water partition coefficient (Wildman–Crippen LogP) is 3.48. The van der Waals surface area contributed by atoms with E-state index >= 15 is 0 Å². The molecule has 22 heavy (non-hydrogen) atoms. The van der Waals surface area contributed by atoms with Gasteiger partial charge in [0, 0.05) is 31.9 Å². The molecule has 0 N–H and O–H groups in total. The van der Waals surface area contributed by atoms with Crippen molar-refractivity contribution >= 4 is 11.7 Å². The van der Waals surface area contributed by atoms with Gasteiger partial charge in [0.2, 0.25) is 0 Å². The van der Waals surface area contributed by atoms with Gasteiger partial charge in [0.25, 0.3) is 5.91 Å². The minimum atomic E-state index is 0.141. The monoisotopic (exact) mass is 301 g/mol. The summed E-state index contributed by atoms with van der Waals surface area (Å²) >= 11 is 0. The van der Waals surface area contributed by atoms with E-state index in [-0.39, 0.29) is 5.91 Å². The van der Waals surface area contributed by atoms with Crippen molar-refractivity contribution in [3.8, 4) is 0 Å². The molecule has 1 atom stereocenters. The third-order valence-electron chi connectivity index (χ3n) is 4.99.